The summed E-state index contributed by atoms with van der Waals surface area (Å²) in [6.45, 7) is 10.4. The second-order valence-electron chi connectivity index (χ2n) is 6.09. The zero-order valence-electron chi connectivity index (χ0n) is 12.9. The lowest BCUT2D eigenvalue weighted by Crippen LogP contribution is -2.33. The third kappa shape index (κ3) is 4.13. The minimum absolute atomic E-state index is 0.151. The van der Waals surface area contributed by atoms with Crippen molar-refractivity contribution in [3.8, 4) is 11.5 Å². The SMILES string of the molecule is CCC(C)c1ccc(O)c(OC(OC)C(C)(C)C)c1. The molecule has 3 nitrogen and oxygen atoms in total. The van der Waals surface area contributed by atoms with E-state index in [1.54, 1.807) is 13.2 Å². The Morgan fingerprint density at radius 3 is 2.37 bits per heavy atom. The molecule has 1 rings (SSSR count). The Bertz CT molecular complexity index is 407. The Balaban J connectivity index is 2.99. The van der Waals surface area contributed by atoms with Crippen LogP contribution in [0.15, 0.2) is 18.2 Å². The highest BCUT2D eigenvalue weighted by Gasteiger charge is 2.27. The number of phenolic OH excluding ortho intramolecular Hbond substituents is 1. The van der Waals surface area contributed by atoms with Crippen LogP contribution in [0.2, 0.25) is 0 Å². The molecular weight excluding hydrogens is 240 g/mol. The standard InChI is InChI=1S/C16H26O3/c1-7-11(2)12-8-9-13(17)14(10-12)19-15(18-6)16(3,4)5/h8-11,15,17H,7H2,1-6H3. The van der Waals surface area contributed by atoms with Gasteiger partial charge in [0.05, 0.1) is 0 Å². The molecule has 0 saturated carbocycles. The molecule has 0 aliphatic heterocycles. The summed E-state index contributed by atoms with van der Waals surface area (Å²) in [5, 5.41) is 9.92. The zero-order chi connectivity index (χ0) is 14.6. The van der Waals surface area contributed by atoms with Crippen molar-refractivity contribution in [3.63, 3.8) is 0 Å². The van der Waals surface area contributed by atoms with Crippen molar-refractivity contribution in [1.82, 2.24) is 0 Å². The van der Waals surface area contributed by atoms with Gasteiger partial charge in [-0.05, 0) is 30.0 Å². The summed E-state index contributed by atoms with van der Waals surface area (Å²) in [6.07, 6.45) is 0.655. The minimum Gasteiger partial charge on any atom is -0.504 e. The van der Waals surface area contributed by atoms with Crippen molar-refractivity contribution < 1.29 is 14.6 Å². The predicted octanol–water partition coefficient (Wildman–Crippen LogP) is 4.30. The fraction of sp³-hybridized carbons (Fsp3) is 0.625. The number of phenols is 1. The summed E-state index contributed by atoms with van der Waals surface area (Å²) in [7, 11) is 1.62. The lowest BCUT2D eigenvalue weighted by molar-refractivity contribution is -0.121. The maximum Gasteiger partial charge on any atom is 0.204 e. The highest BCUT2D eigenvalue weighted by molar-refractivity contribution is 5.42. The predicted molar refractivity (Wildman–Crippen MR) is 77.7 cm³/mol. The van der Waals surface area contributed by atoms with Gasteiger partial charge in [-0.15, -0.1) is 0 Å². The molecular formula is C16H26O3. The Hall–Kier alpha value is -1.22. The number of rotatable bonds is 5. The van der Waals surface area contributed by atoms with E-state index in [1.165, 1.54) is 5.56 Å². The molecule has 1 N–H and O–H groups in total. The van der Waals surface area contributed by atoms with Gasteiger partial charge in [0, 0.05) is 12.5 Å². The van der Waals surface area contributed by atoms with Gasteiger partial charge in [0.1, 0.15) is 0 Å². The second kappa shape index (κ2) is 6.29. The average molecular weight is 266 g/mol. The Labute approximate surface area is 116 Å². The van der Waals surface area contributed by atoms with Gasteiger partial charge in [-0.1, -0.05) is 40.7 Å². The van der Waals surface area contributed by atoms with Gasteiger partial charge in [-0.3, -0.25) is 0 Å². The van der Waals surface area contributed by atoms with Crippen LogP contribution in [0.25, 0.3) is 0 Å². The van der Waals surface area contributed by atoms with Crippen LogP contribution in [0.1, 0.15) is 52.5 Å². The third-order valence-corrected chi connectivity index (χ3v) is 3.32. The molecule has 0 heterocycles. The Kier molecular flexibility index (Phi) is 5.24. The summed E-state index contributed by atoms with van der Waals surface area (Å²) < 4.78 is 11.2. The maximum atomic E-state index is 9.92. The molecule has 0 amide bonds. The molecule has 0 aromatic heterocycles. The van der Waals surface area contributed by atoms with Crippen molar-refractivity contribution >= 4 is 0 Å². The third-order valence-electron chi connectivity index (χ3n) is 3.32. The first kappa shape index (κ1) is 15.8. The van der Waals surface area contributed by atoms with E-state index in [4.69, 9.17) is 9.47 Å². The van der Waals surface area contributed by atoms with E-state index in [1.807, 2.05) is 32.9 Å². The van der Waals surface area contributed by atoms with E-state index in [2.05, 4.69) is 13.8 Å². The molecule has 1 aromatic carbocycles. The van der Waals surface area contributed by atoms with Crippen molar-refractivity contribution in [2.24, 2.45) is 5.41 Å². The number of benzene rings is 1. The molecule has 0 spiro atoms. The van der Waals surface area contributed by atoms with E-state index >= 15 is 0 Å². The van der Waals surface area contributed by atoms with Gasteiger partial charge in [-0.2, -0.15) is 0 Å². The summed E-state index contributed by atoms with van der Waals surface area (Å²) in [4.78, 5) is 0. The molecule has 2 atom stereocenters. The van der Waals surface area contributed by atoms with Crippen LogP contribution in [-0.2, 0) is 4.74 Å². The van der Waals surface area contributed by atoms with E-state index in [9.17, 15) is 5.11 Å². The first-order chi connectivity index (χ1) is 8.79. The topological polar surface area (TPSA) is 38.7 Å². The molecule has 0 aliphatic carbocycles. The highest BCUT2D eigenvalue weighted by atomic mass is 16.7. The van der Waals surface area contributed by atoms with Gasteiger partial charge >= 0.3 is 0 Å². The largest absolute Gasteiger partial charge is 0.504 e. The van der Waals surface area contributed by atoms with E-state index in [0.29, 0.717) is 11.7 Å². The monoisotopic (exact) mass is 266 g/mol. The number of hydrogen-bond donors (Lipinski definition) is 1. The van der Waals surface area contributed by atoms with E-state index < -0.39 is 6.29 Å². The molecule has 0 fully saturated rings. The summed E-state index contributed by atoms with van der Waals surface area (Å²) in [5.74, 6) is 1.08. The van der Waals surface area contributed by atoms with E-state index in [-0.39, 0.29) is 11.2 Å². The molecule has 0 bridgehead atoms. The van der Waals surface area contributed by atoms with Crippen LogP contribution >= 0.6 is 0 Å². The molecule has 0 saturated heterocycles. The van der Waals surface area contributed by atoms with Gasteiger partial charge in [0.2, 0.25) is 6.29 Å². The normalized spacial score (nSPS) is 15.1. The van der Waals surface area contributed by atoms with Gasteiger partial charge in [0.15, 0.2) is 11.5 Å². The van der Waals surface area contributed by atoms with Crippen molar-refractivity contribution in [2.75, 3.05) is 7.11 Å². The van der Waals surface area contributed by atoms with Crippen LogP contribution in [0.3, 0.4) is 0 Å². The van der Waals surface area contributed by atoms with Crippen LogP contribution < -0.4 is 4.74 Å². The molecule has 108 valence electrons. The number of ether oxygens (including phenoxy) is 2. The Morgan fingerprint density at radius 1 is 1.26 bits per heavy atom. The second-order valence-corrected chi connectivity index (χ2v) is 6.09. The lowest BCUT2D eigenvalue weighted by atomic mass is 9.95. The van der Waals surface area contributed by atoms with Gasteiger partial charge in [0.25, 0.3) is 0 Å². The molecule has 3 heteroatoms. The smallest absolute Gasteiger partial charge is 0.204 e. The van der Waals surface area contributed by atoms with Crippen molar-refractivity contribution in [1.29, 1.82) is 0 Å². The Morgan fingerprint density at radius 2 is 1.89 bits per heavy atom. The van der Waals surface area contributed by atoms with E-state index in [0.717, 1.165) is 6.42 Å². The van der Waals surface area contributed by atoms with Crippen molar-refractivity contribution in [3.05, 3.63) is 23.8 Å². The highest BCUT2D eigenvalue weighted by Crippen LogP contribution is 2.34. The number of methoxy groups -OCH3 is 1. The summed E-state index contributed by atoms with van der Waals surface area (Å²) >= 11 is 0. The van der Waals surface area contributed by atoms with Crippen LogP contribution in [0, 0.1) is 5.41 Å². The molecule has 0 radical (unpaired) electrons. The fourth-order valence-corrected chi connectivity index (χ4v) is 1.86. The van der Waals surface area contributed by atoms with Crippen LogP contribution in [0.4, 0.5) is 0 Å². The quantitative estimate of drug-likeness (QED) is 0.807. The number of hydrogen-bond acceptors (Lipinski definition) is 3. The van der Waals surface area contributed by atoms with Gasteiger partial charge in [-0.25, -0.2) is 0 Å². The summed E-state index contributed by atoms with van der Waals surface area (Å²) in [5.41, 5.74) is 1.01. The fourth-order valence-electron chi connectivity index (χ4n) is 1.86. The van der Waals surface area contributed by atoms with Crippen LogP contribution in [0.5, 0.6) is 11.5 Å². The molecule has 1 aromatic rings. The van der Waals surface area contributed by atoms with Gasteiger partial charge < -0.3 is 14.6 Å². The first-order valence-corrected chi connectivity index (χ1v) is 6.82. The van der Waals surface area contributed by atoms with Crippen LogP contribution in [-0.4, -0.2) is 18.5 Å². The first-order valence-electron chi connectivity index (χ1n) is 6.82. The molecule has 19 heavy (non-hydrogen) atoms. The molecule has 0 aliphatic rings. The number of aromatic hydroxyl groups is 1. The van der Waals surface area contributed by atoms with Crippen molar-refractivity contribution in [2.45, 2.75) is 53.2 Å². The lowest BCUT2D eigenvalue weighted by Gasteiger charge is -2.30. The summed E-state index contributed by atoms with van der Waals surface area (Å²) in [6, 6.07) is 5.53. The average Bonchev–Trinajstić information content (AvgIpc) is 2.35. The maximum absolute atomic E-state index is 9.92. The molecule has 2 unspecified atom stereocenters. The zero-order valence-corrected chi connectivity index (χ0v) is 12.9. The minimum atomic E-state index is -0.398.